The molecule has 0 saturated heterocycles. The molecule has 0 fully saturated rings. The monoisotopic (exact) mass is 276 g/mol. The second kappa shape index (κ2) is 8.43. The summed E-state index contributed by atoms with van der Waals surface area (Å²) in [7, 11) is 2.23. The molecule has 1 N–H and O–H groups in total. The van der Waals surface area contributed by atoms with Crippen molar-refractivity contribution in [3.63, 3.8) is 0 Å². The molecule has 1 aromatic rings. The summed E-state index contributed by atoms with van der Waals surface area (Å²) >= 11 is 0. The summed E-state index contributed by atoms with van der Waals surface area (Å²) in [5.41, 5.74) is 4.19. The van der Waals surface area contributed by atoms with E-state index in [-0.39, 0.29) is 0 Å². The second-order valence-electron chi connectivity index (χ2n) is 6.06. The van der Waals surface area contributed by atoms with Gasteiger partial charge in [-0.2, -0.15) is 0 Å². The van der Waals surface area contributed by atoms with Crippen molar-refractivity contribution in [2.45, 2.75) is 59.5 Å². The zero-order valence-electron chi connectivity index (χ0n) is 14.2. The average Bonchev–Trinajstić information content (AvgIpc) is 2.42. The van der Waals surface area contributed by atoms with Crippen molar-refractivity contribution < 1.29 is 0 Å². The molecule has 0 heterocycles. The summed E-state index contributed by atoms with van der Waals surface area (Å²) in [5, 5.41) is 3.71. The van der Waals surface area contributed by atoms with E-state index in [1.807, 2.05) is 0 Å². The average molecular weight is 276 g/mol. The van der Waals surface area contributed by atoms with Crippen molar-refractivity contribution in [2.24, 2.45) is 0 Å². The third-order valence-corrected chi connectivity index (χ3v) is 4.26. The standard InChI is InChI=1S/C18H32N2/c1-7-11-19-18(13-20(6)16(5)8-2)17-10-9-14(3)12-15(17)4/h9-10,12,16,18-19H,7-8,11,13H2,1-6H3. The molecule has 0 amide bonds. The lowest BCUT2D eigenvalue weighted by molar-refractivity contribution is 0.224. The number of aryl methyl sites for hydroxylation is 2. The number of nitrogens with one attached hydrogen (secondary N) is 1. The van der Waals surface area contributed by atoms with E-state index in [0.717, 1.165) is 13.1 Å². The number of benzene rings is 1. The van der Waals surface area contributed by atoms with Crippen LogP contribution in [0.2, 0.25) is 0 Å². The van der Waals surface area contributed by atoms with Crippen LogP contribution in [0, 0.1) is 13.8 Å². The number of nitrogens with zero attached hydrogens (tertiary/aromatic N) is 1. The quantitative estimate of drug-likeness (QED) is 0.770. The number of likely N-dealkylation sites (N-methyl/N-ethyl adjacent to an activating group) is 1. The van der Waals surface area contributed by atoms with Gasteiger partial charge in [-0.05, 0) is 58.3 Å². The molecule has 0 bridgehead atoms. The van der Waals surface area contributed by atoms with E-state index in [4.69, 9.17) is 0 Å². The Bertz CT molecular complexity index is 400. The Morgan fingerprint density at radius 1 is 1.20 bits per heavy atom. The minimum absolute atomic E-state index is 0.426. The lowest BCUT2D eigenvalue weighted by atomic mass is 9.98. The third-order valence-electron chi connectivity index (χ3n) is 4.26. The SMILES string of the molecule is CCCNC(CN(C)C(C)CC)c1ccc(C)cc1C. The van der Waals surface area contributed by atoms with Gasteiger partial charge in [0.15, 0.2) is 0 Å². The molecule has 114 valence electrons. The molecule has 0 spiro atoms. The summed E-state index contributed by atoms with van der Waals surface area (Å²) in [6.45, 7) is 13.3. The minimum atomic E-state index is 0.426. The van der Waals surface area contributed by atoms with E-state index < -0.39 is 0 Å². The predicted octanol–water partition coefficient (Wildman–Crippen LogP) is 4.07. The van der Waals surface area contributed by atoms with Gasteiger partial charge in [-0.15, -0.1) is 0 Å². The molecule has 0 radical (unpaired) electrons. The molecule has 0 aliphatic heterocycles. The summed E-state index contributed by atoms with van der Waals surface area (Å²) < 4.78 is 0. The first-order valence-electron chi connectivity index (χ1n) is 8.00. The normalized spacial score (nSPS) is 14.6. The minimum Gasteiger partial charge on any atom is -0.309 e. The third kappa shape index (κ3) is 4.92. The Morgan fingerprint density at radius 2 is 1.90 bits per heavy atom. The Balaban J connectivity index is 2.87. The van der Waals surface area contributed by atoms with Gasteiger partial charge >= 0.3 is 0 Å². The van der Waals surface area contributed by atoms with Crippen LogP contribution in [0.25, 0.3) is 0 Å². The summed E-state index contributed by atoms with van der Waals surface area (Å²) in [6.07, 6.45) is 2.37. The van der Waals surface area contributed by atoms with Gasteiger partial charge in [0.05, 0.1) is 0 Å². The van der Waals surface area contributed by atoms with Crippen LogP contribution in [0.5, 0.6) is 0 Å². The molecule has 1 aromatic carbocycles. The first-order valence-corrected chi connectivity index (χ1v) is 8.00. The number of rotatable bonds is 8. The molecule has 2 unspecified atom stereocenters. The van der Waals surface area contributed by atoms with Gasteiger partial charge in [-0.25, -0.2) is 0 Å². The molecule has 2 nitrogen and oxygen atoms in total. The molecule has 0 aromatic heterocycles. The summed E-state index contributed by atoms with van der Waals surface area (Å²) in [6, 6.07) is 7.87. The van der Waals surface area contributed by atoms with Crippen LogP contribution in [-0.2, 0) is 0 Å². The fraction of sp³-hybridized carbons (Fsp3) is 0.667. The van der Waals surface area contributed by atoms with E-state index in [1.54, 1.807) is 0 Å². The van der Waals surface area contributed by atoms with E-state index >= 15 is 0 Å². The zero-order valence-corrected chi connectivity index (χ0v) is 14.2. The largest absolute Gasteiger partial charge is 0.309 e. The van der Waals surface area contributed by atoms with Gasteiger partial charge in [0.2, 0.25) is 0 Å². The summed E-state index contributed by atoms with van der Waals surface area (Å²) in [5.74, 6) is 0. The molecule has 20 heavy (non-hydrogen) atoms. The lowest BCUT2D eigenvalue weighted by Crippen LogP contribution is -2.38. The molecule has 1 rings (SSSR count). The van der Waals surface area contributed by atoms with Gasteiger partial charge in [-0.1, -0.05) is 37.6 Å². The zero-order chi connectivity index (χ0) is 15.1. The highest BCUT2D eigenvalue weighted by Crippen LogP contribution is 2.21. The molecular weight excluding hydrogens is 244 g/mol. The Kier molecular flexibility index (Phi) is 7.25. The maximum Gasteiger partial charge on any atom is 0.0451 e. The number of hydrogen-bond acceptors (Lipinski definition) is 2. The summed E-state index contributed by atoms with van der Waals surface area (Å²) in [4.78, 5) is 2.46. The first-order chi connectivity index (χ1) is 9.49. The predicted molar refractivity (Wildman–Crippen MR) is 89.3 cm³/mol. The maximum atomic E-state index is 3.71. The molecule has 2 atom stereocenters. The lowest BCUT2D eigenvalue weighted by Gasteiger charge is -2.30. The van der Waals surface area contributed by atoms with E-state index in [9.17, 15) is 0 Å². The Hall–Kier alpha value is -0.860. The van der Waals surface area contributed by atoms with Gasteiger partial charge in [-0.3, -0.25) is 0 Å². The van der Waals surface area contributed by atoms with Gasteiger partial charge in [0.25, 0.3) is 0 Å². The maximum absolute atomic E-state index is 3.71. The Labute approximate surface area is 125 Å². The van der Waals surface area contributed by atoms with Crippen molar-refractivity contribution in [3.05, 3.63) is 34.9 Å². The van der Waals surface area contributed by atoms with Crippen LogP contribution in [0.15, 0.2) is 18.2 Å². The molecular formula is C18H32N2. The van der Waals surface area contributed by atoms with E-state index in [0.29, 0.717) is 12.1 Å². The van der Waals surface area contributed by atoms with Crippen LogP contribution in [0.1, 0.15) is 56.3 Å². The van der Waals surface area contributed by atoms with Crippen molar-refractivity contribution in [3.8, 4) is 0 Å². The molecule has 0 saturated carbocycles. The fourth-order valence-corrected chi connectivity index (χ4v) is 2.59. The topological polar surface area (TPSA) is 15.3 Å². The van der Waals surface area contributed by atoms with Crippen molar-refractivity contribution in [2.75, 3.05) is 20.1 Å². The van der Waals surface area contributed by atoms with Crippen LogP contribution in [0.4, 0.5) is 0 Å². The van der Waals surface area contributed by atoms with Gasteiger partial charge in [0, 0.05) is 18.6 Å². The van der Waals surface area contributed by atoms with Crippen molar-refractivity contribution >= 4 is 0 Å². The molecule has 0 aliphatic rings. The van der Waals surface area contributed by atoms with Crippen LogP contribution < -0.4 is 5.32 Å². The van der Waals surface area contributed by atoms with Crippen LogP contribution in [0.3, 0.4) is 0 Å². The first kappa shape index (κ1) is 17.2. The second-order valence-corrected chi connectivity index (χ2v) is 6.06. The van der Waals surface area contributed by atoms with Crippen molar-refractivity contribution in [1.82, 2.24) is 10.2 Å². The van der Waals surface area contributed by atoms with Gasteiger partial charge < -0.3 is 10.2 Å². The highest BCUT2D eigenvalue weighted by molar-refractivity contribution is 5.33. The molecule has 2 heteroatoms. The Morgan fingerprint density at radius 3 is 2.45 bits per heavy atom. The molecule has 0 aliphatic carbocycles. The van der Waals surface area contributed by atoms with Crippen molar-refractivity contribution in [1.29, 1.82) is 0 Å². The van der Waals surface area contributed by atoms with E-state index in [2.05, 4.69) is 70.1 Å². The van der Waals surface area contributed by atoms with E-state index in [1.165, 1.54) is 29.5 Å². The smallest absolute Gasteiger partial charge is 0.0451 e. The highest BCUT2D eigenvalue weighted by atomic mass is 15.1. The number of hydrogen-bond donors (Lipinski definition) is 1. The highest BCUT2D eigenvalue weighted by Gasteiger charge is 2.17. The van der Waals surface area contributed by atoms with Crippen LogP contribution in [-0.4, -0.2) is 31.1 Å². The van der Waals surface area contributed by atoms with Gasteiger partial charge in [0.1, 0.15) is 0 Å². The van der Waals surface area contributed by atoms with Crippen LogP contribution >= 0.6 is 0 Å². The fourth-order valence-electron chi connectivity index (χ4n) is 2.59.